The van der Waals surface area contributed by atoms with Crippen LogP contribution in [0.1, 0.15) is 43.0 Å². The highest BCUT2D eigenvalue weighted by molar-refractivity contribution is 7.88. The fraction of sp³-hybridized carbons (Fsp3) is 0.458. The summed E-state index contributed by atoms with van der Waals surface area (Å²) >= 11 is 0. The zero-order valence-electron chi connectivity index (χ0n) is 19.2. The predicted molar refractivity (Wildman–Crippen MR) is 126 cm³/mol. The number of amides is 2. The summed E-state index contributed by atoms with van der Waals surface area (Å²) in [6, 6.07) is 15.7. The Balaban J connectivity index is 1.73. The summed E-state index contributed by atoms with van der Waals surface area (Å²) in [6.07, 6.45) is 3.64. The predicted octanol–water partition coefficient (Wildman–Crippen LogP) is 3.77. The fourth-order valence-electron chi connectivity index (χ4n) is 4.04. The number of urea groups is 1. The molecule has 174 valence electrons. The zero-order valence-corrected chi connectivity index (χ0v) is 20.1. The van der Waals surface area contributed by atoms with E-state index in [0.717, 1.165) is 42.4 Å². The summed E-state index contributed by atoms with van der Waals surface area (Å²) in [5.74, 6) is 1.38. The number of nitrogens with zero attached hydrogens (tertiary/aromatic N) is 2. The Morgan fingerprint density at radius 1 is 1.06 bits per heavy atom. The first kappa shape index (κ1) is 24.1. The molecule has 2 amide bonds. The topological polar surface area (TPSA) is 79.0 Å². The first-order chi connectivity index (χ1) is 15.2. The standard InChI is InChI=1S/C24H33N3O4S/c1-18(2)16-20-7-11-21(12-8-20)23-17-27(25-32(4,29)30)24(28)26(23)15-5-6-19-9-13-22(31-3)14-10-19/h7-14,18,23,25H,5-6,15-17H2,1-4H3. The SMILES string of the molecule is COc1ccc(CCCN2C(=O)N(NS(C)(=O)=O)CC2c2ccc(CC(C)C)cc2)cc1. The molecule has 2 aromatic carbocycles. The first-order valence-corrected chi connectivity index (χ1v) is 12.8. The number of carbonyl (C=O) groups is 1. The van der Waals surface area contributed by atoms with Gasteiger partial charge in [0.2, 0.25) is 10.0 Å². The molecule has 0 radical (unpaired) electrons. The average molecular weight is 460 g/mol. The van der Waals surface area contributed by atoms with Gasteiger partial charge >= 0.3 is 6.03 Å². The van der Waals surface area contributed by atoms with Crippen molar-refractivity contribution in [2.24, 2.45) is 5.92 Å². The van der Waals surface area contributed by atoms with E-state index in [4.69, 9.17) is 4.74 Å². The average Bonchev–Trinajstić information content (AvgIpc) is 3.03. The van der Waals surface area contributed by atoms with Crippen molar-refractivity contribution in [3.63, 3.8) is 0 Å². The third kappa shape index (κ3) is 6.46. The highest BCUT2D eigenvalue weighted by Gasteiger charge is 2.39. The molecule has 1 aliphatic rings. The molecule has 7 nitrogen and oxygen atoms in total. The maximum absolute atomic E-state index is 13.0. The molecule has 3 rings (SSSR count). The molecular formula is C24H33N3O4S. The molecule has 1 unspecified atom stereocenters. The second kappa shape index (κ2) is 10.4. The molecule has 1 fully saturated rings. The Bertz CT molecular complexity index is 1000. The lowest BCUT2D eigenvalue weighted by atomic mass is 9.99. The second-order valence-corrected chi connectivity index (χ2v) is 10.5. The van der Waals surface area contributed by atoms with Crippen LogP contribution in [0, 0.1) is 5.92 Å². The van der Waals surface area contributed by atoms with E-state index < -0.39 is 10.0 Å². The van der Waals surface area contributed by atoms with Crippen molar-refractivity contribution in [2.75, 3.05) is 26.5 Å². The third-order valence-electron chi connectivity index (χ3n) is 5.52. The van der Waals surface area contributed by atoms with E-state index in [9.17, 15) is 13.2 Å². The van der Waals surface area contributed by atoms with Crippen molar-refractivity contribution >= 4 is 16.1 Å². The van der Waals surface area contributed by atoms with Crippen molar-refractivity contribution in [3.05, 3.63) is 65.2 Å². The van der Waals surface area contributed by atoms with Crippen molar-refractivity contribution in [2.45, 2.75) is 39.2 Å². The van der Waals surface area contributed by atoms with Gasteiger partial charge in [0.15, 0.2) is 0 Å². The Kier molecular flexibility index (Phi) is 7.79. The van der Waals surface area contributed by atoms with Crippen molar-refractivity contribution in [1.82, 2.24) is 14.7 Å². The number of hydrogen-bond donors (Lipinski definition) is 1. The minimum atomic E-state index is -3.54. The smallest absolute Gasteiger partial charge is 0.335 e. The molecular weight excluding hydrogens is 426 g/mol. The highest BCUT2D eigenvalue weighted by atomic mass is 32.2. The molecule has 0 bridgehead atoms. The van der Waals surface area contributed by atoms with Crippen LogP contribution < -0.4 is 9.57 Å². The number of methoxy groups -OCH3 is 1. The largest absolute Gasteiger partial charge is 0.497 e. The summed E-state index contributed by atoms with van der Waals surface area (Å²) < 4.78 is 28.7. The zero-order chi connectivity index (χ0) is 23.3. The number of ether oxygens (including phenoxy) is 1. The van der Waals surface area contributed by atoms with E-state index in [-0.39, 0.29) is 18.6 Å². The van der Waals surface area contributed by atoms with E-state index in [1.807, 2.05) is 24.3 Å². The number of carbonyl (C=O) groups excluding carboxylic acids is 1. The van der Waals surface area contributed by atoms with Gasteiger partial charge in [0.1, 0.15) is 5.75 Å². The van der Waals surface area contributed by atoms with Crippen LogP contribution in [0.3, 0.4) is 0 Å². The maximum atomic E-state index is 13.0. The summed E-state index contributed by atoms with van der Waals surface area (Å²) in [5, 5.41) is 1.20. The number of hydrazine groups is 1. The molecule has 0 saturated carbocycles. The van der Waals surface area contributed by atoms with Gasteiger partial charge in [-0.1, -0.05) is 50.2 Å². The molecule has 0 aliphatic carbocycles. The van der Waals surface area contributed by atoms with E-state index in [0.29, 0.717) is 12.5 Å². The van der Waals surface area contributed by atoms with Crippen LogP contribution in [0.15, 0.2) is 48.5 Å². The number of hydrogen-bond acceptors (Lipinski definition) is 4. The van der Waals surface area contributed by atoms with Gasteiger partial charge in [-0.25, -0.2) is 18.2 Å². The maximum Gasteiger partial charge on any atom is 0.335 e. The number of nitrogens with one attached hydrogen (secondary N) is 1. The molecule has 1 N–H and O–H groups in total. The van der Waals surface area contributed by atoms with Gasteiger partial charge in [-0.05, 0) is 54.0 Å². The van der Waals surface area contributed by atoms with Crippen LogP contribution in [-0.4, -0.2) is 50.8 Å². The summed E-state index contributed by atoms with van der Waals surface area (Å²) in [4.78, 5) is 17.1. The van der Waals surface area contributed by atoms with Crippen molar-refractivity contribution in [1.29, 1.82) is 0 Å². The summed E-state index contributed by atoms with van der Waals surface area (Å²) in [5.41, 5.74) is 3.43. The normalized spacial score (nSPS) is 16.8. The van der Waals surface area contributed by atoms with E-state index in [1.54, 1.807) is 12.0 Å². The van der Waals surface area contributed by atoms with Gasteiger partial charge in [-0.15, -0.1) is 4.83 Å². The Morgan fingerprint density at radius 2 is 1.69 bits per heavy atom. The number of rotatable bonds is 10. The van der Waals surface area contributed by atoms with Crippen LogP contribution >= 0.6 is 0 Å². The lowest BCUT2D eigenvalue weighted by Gasteiger charge is -2.23. The van der Waals surface area contributed by atoms with E-state index >= 15 is 0 Å². The molecule has 2 aromatic rings. The summed E-state index contributed by atoms with van der Waals surface area (Å²) in [7, 11) is -1.90. The Hall–Kier alpha value is -2.58. The van der Waals surface area contributed by atoms with Crippen LogP contribution in [0.2, 0.25) is 0 Å². The molecule has 1 heterocycles. The minimum absolute atomic E-state index is 0.208. The minimum Gasteiger partial charge on any atom is -0.497 e. The first-order valence-electron chi connectivity index (χ1n) is 10.9. The number of benzene rings is 2. The van der Waals surface area contributed by atoms with Crippen LogP contribution in [-0.2, 0) is 22.9 Å². The highest BCUT2D eigenvalue weighted by Crippen LogP contribution is 2.30. The van der Waals surface area contributed by atoms with Gasteiger partial charge in [-0.3, -0.25) is 0 Å². The molecule has 1 atom stereocenters. The molecule has 32 heavy (non-hydrogen) atoms. The van der Waals surface area contributed by atoms with Crippen LogP contribution in [0.4, 0.5) is 4.79 Å². The monoisotopic (exact) mass is 459 g/mol. The fourth-order valence-corrected chi connectivity index (χ4v) is 4.60. The van der Waals surface area contributed by atoms with Crippen molar-refractivity contribution in [3.8, 4) is 5.75 Å². The summed E-state index contributed by atoms with van der Waals surface area (Å²) in [6.45, 7) is 5.18. The molecule has 8 heteroatoms. The lowest BCUT2D eigenvalue weighted by molar-refractivity contribution is 0.181. The molecule has 1 saturated heterocycles. The van der Waals surface area contributed by atoms with Gasteiger partial charge in [0.05, 0.1) is 26.0 Å². The van der Waals surface area contributed by atoms with Gasteiger partial charge in [-0.2, -0.15) is 0 Å². The quantitative estimate of drug-likeness (QED) is 0.587. The Morgan fingerprint density at radius 3 is 2.25 bits per heavy atom. The van der Waals surface area contributed by atoms with Gasteiger partial charge in [0, 0.05) is 6.54 Å². The van der Waals surface area contributed by atoms with E-state index in [1.165, 1.54) is 10.6 Å². The van der Waals surface area contributed by atoms with Gasteiger partial charge < -0.3 is 9.64 Å². The van der Waals surface area contributed by atoms with Crippen molar-refractivity contribution < 1.29 is 17.9 Å². The second-order valence-electron chi connectivity index (χ2n) is 8.76. The molecule has 1 aliphatic heterocycles. The van der Waals surface area contributed by atoms with Crippen LogP contribution in [0.25, 0.3) is 0 Å². The number of aryl methyl sites for hydroxylation is 1. The van der Waals surface area contributed by atoms with Crippen LogP contribution in [0.5, 0.6) is 5.75 Å². The molecule has 0 spiro atoms. The van der Waals surface area contributed by atoms with E-state index in [2.05, 4.69) is 42.9 Å². The Labute approximate surface area is 191 Å². The number of sulfonamides is 1. The lowest BCUT2D eigenvalue weighted by Crippen LogP contribution is -2.44. The van der Waals surface area contributed by atoms with Gasteiger partial charge in [0.25, 0.3) is 0 Å². The third-order valence-corrected chi connectivity index (χ3v) is 6.07. The molecule has 0 aromatic heterocycles.